The summed E-state index contributed by atoms with van der Waals surface area (Å²) in [6.07, 6.45) is 0. The topological polar surface area (TPSA) is 60.9 Å². The van der Waals surface area contributed by atoms with E-state index in [-0.39, 0.29) is 0 Å². The highest BCUT2D eigenvalue weighted by Crippen LogP contribution is 2.30. The lowest BCUT2D eigenvalue weighted by atomic mass is 10.0. The predicted molar refractivity (Wildman–Crippen MR) is 117 cm³/mol. The van der Waals surface area contributed by atoms with E-state index in [0.717, 1.165) is 22.6 Å². The summed E-state index contributed by atoms with van der Waals surface area (Å²) in [5.41, 5.74) is 9.75. The third-order valence-electron chi connectivity index (χ3n) is 5.23. The van der Waals surface area contributed by atoms with Gasteiger partial charge in [-0.05, 0) is 77.0 Å². The van der Waals surface area contributed by atoms with Gasteiger partial charge in [0.2, 0.25) is 5.91 Å². The number of carbonyl (C=O) groups is 1. The van der Waals surface area contributed by atoms with Gasteiger partial charge in [0.15, 0.2) is 0 Å². The van der Waals surface area contributed by atoms with Crippen molar-refractivity contribution in [3.63, 3.8) is 0 Å². The number of aromatic nitrogens is 2. The number of carbonyl (C=O) groups excluding carboxylic acids is 1. The van der Waals surface area contributed by atoms with Crippen molar-refractivity contribution < 1.29 is 4.79 Å². The summed E-state index contributed by atoms with van der Waals surface area (Å²) in [5, 5.41) is 9.53. The molecule has 4 nitrogen and oxygen atoms in total. The molecule has 0 aliphatic rings. The van der Waals surface area contributed by atoms with Gasteiger partial charge in [0.25, 0.3) is 0 Å². The van der Waals surface area contributed by atoms with Gasteiger partial charge in [-0.2, -0.15) is 5.10 Å². The van der Waals surface area contributed by atoms with Crippen LogP contribution in [0.2, 0.25) is 0 Å². The Kier molecular flexibility index (Phi) is 3.91. The summed E-state index contributed by atoms with van der Waals surface area (Å²) >= 11 is 0. The minimum absolute atomic E-state index is 0.435. The van der Waals surface area contributed by atoms with Gasteiger partial charge in [0.1, 0.15) is 0 Å². The number of nitrogens with two attached hydrogens (primary N) is 1. The highest BCUT2D eigenvalue weighted by molar-refractivity contribution is 5.99. The molecule has 0 saturated carbocycles. The van der Waals surface area contributed by atoms with Gasteiger partial charge < -0.3 is 5.73 Å². The van der Waals surface area contributed by atoms with E-state index in [9.17, 15) is 4.79 Å². The molecule has 29 heavy (non-hydrogen) atoms. The smallest absolute Gasteiger partial charge is 0.248 e. The monoisotopic (exact) mass is 377 g/mol. The quantitative estimate of drug-likeness (QED) is 0.436. The summed E-state index contributed by atoms with van der Waals surface area (Å²) < 4.78 is 1.91. The van der Waals surface area contributed by atoms with Crippen LogP contribution >= 0.6 is 0 Å². The van der Waals surface area contributed by atoms with Crippen LogP contribution in [-0.2, 0) is 0 Å². The Hall–Kier alpha value is -3.92. The van der Waals surface area contributed by atoms with Crippen LogP contribution in [0.5, 0.6) is 0 Å². The van der Waals surface area contributed by atoms with Crippen LogP contribution in [-0.4, -0.2) is 15.7 Å². The van der Waals surface area contributed by atoms with Gasteiger partial charge in [-0.15, -0.1) is 0 Å². The van der Waals surface area contributed by atoms with Crippen molar-refractivity contribution in [2.75, 3.05) is 0 Å². The maximum absolute atomic E-state index is 11.4. The van der Waals surface area contributed by atoms with Gasteiger partial charge in [0.05, 0.1) is 17.1 Å². The molecule has 0 aliphatic heterocycles. The molecule has 0 spiro atoms. The zero-order valence-corrected chi connectivity index (χ0v) is 16.0. The SMILES string of the molecule is Cc1cc(-c2ccc3cc4ccccc4cc3c2)n(-c2ccc(C(N)=O)cc2)n1. The second-order valence-corrected chi connectivity index (χ2v) is 7.26. The van der Waals surface area contributed by atoms with Gasteiger partial charge >= 0.3 is 0 Å². The Morgan fingerprint density at radius 2 is 1.45 bits per heavy atom. The Balaban J connectivity index is 1.64. The van der Waals surface area contributed by atoms with Crippen LogP contribution in [0, 0.1) is 6.92 Å². The molecule has 1 heterocycles. The second-order valence-electron chi connectivity index (χ2n) is 7.26. The van der Waals surface area contributed by atoms with Crippen LogP contribution in [0.1, 0.15) is 16.1 Å². The molecule has 0 fully saturated rings. The van der Waals surface area contributed by atoms with E-state index < -0.39 is 5.91 Å². The fraction of sp³-hybridized carbons (Fsp3) is 0.0400. The van der Waals surface area contributed by atoms with Gasteiger partial charge in [-0.25, -0.2) is 4.68 Å². The maximum Gasteiger partial charge on any atom is 0.248 e. The molecule has 0 aliphatic carbocycles. The van der Waals surface area contributed by atoms with E-state index in [0.29, 0.717) is 5.56 Å². The fourth-order valence-corrected chi connectivity index (χ4v) is 3.77. The van der Waals surface area contributed by atoms with Crippen molar-refractivity contribution in [3.05, 3.63) is 96.2 Å². The summed E-state index contributed by atoms with van der Waals surface area (Å²) in [7, 11) is 0. The first-order valence-corrected chi connectivity index (χ1v) is 9.48. The van der Waals surface area contributed by atoms with Gasteiger partial charge in [-0.1, -0.05) is 36.4 Å². The Morgan fingerprint density at radius 3 is 2.14 bits per heavy atom. The largest absolute Gasteiger partial charge is 0.366 e. The Labute approximate surface area is 168 Å². The zero-order chi connectivity index (χ0) is 20.0. The number of primary amides is 1. The van der Waals surface area contributed by atoms with Crippen molar-refractivity contribution >= 4 is 27.5 Å². The highest BCUT2D eigenvalue weighted by atomic mass is 16.1. The van der Waals surface area contributed by atoms with Crippen molar-refractivity contribution in [1.29, 1.82) is 0 Å². The van der Waals surface area contributed by atoms with Crippen LogP contribution in [0.3, 0.4) is 0 Å². The molecule has 2 N–H and O–H groups in total. The van der Waals surface area contributed by atoms with E-state index in [4.69, 9.17) is 5.73 Å². The Bertz CT molecular complexity index is 1380. The van der Waals surface area contributed by atoms with E-state index in [1.165, 1.54) is 21.5 Å². The predicted octanol–water partition coefficient (Wildman–Crippen LogP) is 5.25. The molecule has 1 amide bonds. The molecular formula is C25H19N3O. The normalized spacial score (nSPS) is 11.2. The lowest BCUT2D eigenvalue weighted by Gasteiger charge is -2.10. The molecule has 0 atom stereocenters. The molecule has 0 radical (unpaired) electrons. The number of hydrogen-bond acceptors (Lipinski definition) is 2. The lowest BCUT2D eigenvalue weighted by Crippen LogP contribution is -2.10. The third-order valence-corrected chi connectivity index (χ3v) is 5.23. The Morgan fingerprint density at radius 1 is 0.793 bits per heavy atom. The summed E-state index contributed by atoms with van der Waals surface area (Å²) in [6.45, 7) is 1.98. The number of benzene rings is 4. The van der Waals surface area contributed by atoms with Crippen LogP contribution in [0.4, 0.5) is 0 Å². The van der Waals surface area contributed by atoms with Gasteiger partial charge in [-0.3, -0.25) is 4.79 Å². The number of nitrogens with zero attached hydrogens (tertiary/aromatic N) is 2. The molecule has 4 aromatic carbocycles. The molecule has 1 aromatic heterocycles. The molecule has 0 bridgehead atoms. The van der Waals surface area contributed by atoms with E-state index in [1.54, 1.807) is 12.1 Å². The molecule has 5 aromatic rings. The first-order chi connectivity index (χ1) is 14.1. The van der Waals surface area contributed by atoms with Crippen LogP contribution in [0.25, 0.3) is 38.5 Å². The first-order valence-electron chi connectivity index (χ1n) is 9.48. The highest BCUT2D eigenvalue weighted by Gasteiger charge is 2.11. The first kappa shape index (κ1) is 17.2. The van der Waals surface area contributed by atoms with Crippen molar-refractivity contribution in [2.24, 2.45) is 5.73 Å². The molecular weight excluding hydrogens is 358 g/mol. The molecule has 5 rings (SSSR count). The van der Waals surface area contributed by atoms with Gasteiger partial charge in [0, 0.05) is 11.1 Å². The van der Waals surface area contributed by atoms with Crippen molar-refractivity contribution in [3.8, 4) is 16.9 Å². The number of amides is 1. The lowest BCUT2D eigenvalue weighted by molar-refractivity contribution is 0.100. The maximum atomic E-state index is 11.4. The summed E-state index contributed by atoms with van der Waals surface area (Å²) in [5.74, 6) is -0.435. The van der Waals surface area contributed by atoms with E-state index in [2.05, 4.69) is 65.8 Å². The number of aryl methyl sites for hydroxylation is 1. The third kappa shape index (κ3) is 3.05. The number of rotatable bonds is 3. The average Bonchev–Trinajstić information content (AvgIpc) is 3.13. The average molecular weight is 377 g/mol. The van der Waals surface area contributed by atoms with E-state index in [1.807, 2.05) is 23.7 Å². The number of fused-ring (bicyclic) bond motifs is 2. The van der Waals surface area contributed by atoms with Crippen molar-refractivity contribution in [2.45, 2.75) is 6.92 Å². The summed E-state index contributed by atoms with van der Waals surface area (Å²) in [6, 6.07) is 28.6. The zero-order valence-electron chi connectivity index (χ0n) is 16.0. The second kappa shape index (κ2) is 6.60. The minimum atomic E-state index is -0.435. The minimum Gasteiger partial charge on any atom is -0.366 e. The summed E-state index contributed by atoms with van der Waals surface area (Å²) in [4.78, 5) is 11.4. The van der Waals surface area contributed by atoms with Crippen LogP contribution in [0.15, 0.2) is 84.9 Å². The molecule has 0 saturated heterocycles. The molecule has 140 valence electrons. The number of hydrogen-bond donors (Lipinski definition) is 1. The fourth-order valence-electron chi connectivity index (χ4n) is 3.77. The van der Waals surface area contributed by atoms with Crippen molar-refractivity contribution in [1.82, 2.24) is 9.78 Å². The van der Waals surface area contributed by atoms with Crippen LogP contribution < -0.4 is 5.73 Å². The van der Waals surface area contributed by atoms with E-state index >= 15 is 0 Å². The molecule has 0 unspecified atom stereocenters. The standard InChI is InChI=1S/C25H19N3O/c1-16-12-24(28(27-16)23-10-8-17(9-11-23)25(26)29)21-7-6-20-13-18-4-2-3-5-19(18)14-22(20)15-21/h2-15H,1H3,(H2,26,29). The molecule has 4 heteroatoms.